The number of hydrogen-bond donors (Lipinski definition) is 4. The summed E-state index contributed by atoms with van der Waals surface area (Å²) in [5.74, 6) is 0.494. The van der Waals surface area contributed by atoms with Gasteiger partial charge >= 0.3 is 0 Å². The van der Waals surface area contributed by atoms with E-state index in [2.05, 4.69) is 70.9 Å². The molecular weight excluding hydrogens is 402 g/mol. The van der Waals surface area contributed by atoms with E-state index in [0.717, 1.165) is 28.8 Å². The summed E-state index contributed by atoms with van der Waals surface area (Å²) in [5, 5.41) is 20.2. The van der Waals surface area contributed by atoms with E-state index in [4.69, 9.17) is 0 Å². The van der Waals surface area contributed by atoms with Crippen LogP contribution in [-0.2, 0) is 15.6 Å². The Hall–Kier alpha value is -2.76. The molecule has 4 N–H and O–H groups in total. The van der Waals surface area contributed by atoms with Gasteiger partial charge in [0.15, 0.2) is 5.78 Å². The van der Waals surface area contributed by atoms with Crippen molar-refractivity contribution in [2.75, 3.05) is 5.32 Å². The third-order valence-corrected chi connectivity index (χ3v) is 6.67. The number of hydrogen-bond acceptors (Lipinski definition) is 4. The van der Waals surface area contributed by atoms with Gasteiger partial charge in [0.05, 0.1) is 5.56 Å². The minimum absolute atomic E-state index is 0.0719. The molecule has 0 amide bonds. The maximum Gasteiger partial charge on any atom is 0.270 e. The lowest BCUT2D eigenvalue weighted by atomic mass is 9.68. The summed E-state index contributed by atoms with van der Waals surface area (Å²) in [4.78, 5) is 26.3. The van der Waals surface area contributed by atoms with Gasteiger partial charge in [-0.25, -0.2) is 0 Å². The van der Waals surface area contributed by atoms with E-state index >= 15 is 0 Å². The first kappa shape index (κ1) is 22.4. The third kappa shape index (κ3) is 3.59. The van der Waals surface area contributed by atoms with Gasteiger partial charge in [-0.1, -0.05) is 67.5 Å². The van der Waals surface area contributed by atoms with Gasteiger partial charge in [-0.3, -0.25) is 19.8 Å². The zero-order valence-electron chi connectivity index (χ0n) is 20.4. The molecule has 4 rings (SSSR count). The van der Waals surface area contributed by atoms with Crippen LogP contribution in [0.4, 0.5) is 5.82 Å². The fraction of sp³-hybridized carbons (Fsp3) is 0.538. The van der Waals surface area contributed by atoms with Crippen LogP contribution in [0.1, 0.15) is 96.4 Å². The maximum atomic E-state index is 13.4. The monoisotopic (exact) mass is 437 g/mol. The molecule has 2 heterocycles. The molecule has 1 unspecified atom stereocenters. The standard InChI is InChI=1S/C26H35N3O3/c1-24(2,3)14-9-13(10-15(21(14)31)25(4,5)6)18-19-16(11-26(7,8)12-17(19)30)27-22-20(18)23(32)29-28-22/h9-10,18,31H,11-12H2,1-8H3,(H3,27,28,29,32). The Bertz CT molecular complexity index is 1160. The van der Waals surface area contributed by atoms with Crippen LogP contribution in [0.2, 0.25) is 0 Å². The third-order valence-electron chi connectivity index (χ3n) is 6.67. The number of carbonyl (C=O) groups excluding carboxylic acids is 1. The molecule has 32 heavy (non-hydrogen) atoms. The number of benzene rings is 1. The van der Waals surface area contributed by atoms with Gasteiger partial charge < -0.3 is 10.4 Å². The van der Waals surface area contributed by atoms with Crippen molar-refractivity contribution in [3.63, 3.8) is 0 Å². The Kier molecular flexibility index (Phi) is 4.81. The first-order valence-corrected chi connectivity index (χ1v) is 11.3. The van der Waals surface area contributed by atoms with Crippen molar-refractivity contribution >= 4 is 11.6 Å². The highest BCUT2D eigenvalue weighted by Crippen LogP contribution is 2.49. The lowest BCUT2D eigenvalue weighted by molar-refractivity contribution is -0.118. The van der Waals surface area contributed by atoms with E-state index < -0.39 is 5.92 Å². The van der Waals surface area contributed by atoms with Crippen LogP contribution in [0.3, 0.4) is 0 Å². The van der Waals surface area contributed by atoms with Crippen LogP contribution < -0.4 is 10.9 Å². The Labute approximate surface area is 189 Å². The number of allylic oxidation sites excluding steroid dienone is 2. The summed E-state index contributed by atoms with van der Waals surface area (Å²) in [6.07, 6.45) is 1.17. The minimum Gasteiger partial charge on any atom is -0.507 e. The molecule has 0 saturated heterocycles. The van der Waals surface area contributed by atoms with Gasteiger partial charge in [0.2, 0.25) is 0 Å². The molecule has 0 fully saturated rings. The summed E-state index contributed by atoms with van der Waals surface area (Å²) in [6.45, 7) is 16.6. The summed E-state index contributed by atoms with van der Waals surface area (Å²) < 4.78 is 0. The molecule has 1 aliphatic carbocycles. The van der Waals surface area contributed by atoms with E-state index in [0.29, 0.717) is 23.4 Å². The number of Topliss-reactive ketones (excluding diaryl/α,β-unsaturated/α-hetero) is 1. The highest BCUT2D eigenvalue weighted by molar-refractivity contribution is 6.01. The second-order valence-corrected chi connectivity index (χ2v) is 12.2. The molecular formula is C26H35N3O3. The van der Waals surface area contributed by atoms with E-state index in [1.54, 1.807) is 0 Å². The largest absolute Gasteiger partial charge is 0.507 e. The van der Waals surface area contributed by atoms with Crippen molar-refractivity contribution in [3.05, 3.63) is 56.0 Å². The lowest BCUT2D eigenvalue weighted by Gasteiger charge is -2.38. The number of ketones is 1. The highest BCUT2D eigenvalue weighted by Gasteiger charge is 2.43. The molecule has 2 aliphatic rings. The number of aromatic amines is 2. The van der Waals surface area contributed by atoms with Crippen LogP contribution in [0.15, 0.2) is 28.2 Å². The van der Waals surface area contributed by atoms with E-state index in [1.165, 1.54) is 0 Å². The van der Waals surface area contributed by atoms with Crippen molar-refractivity contribution in [3.8, 4) is 5.75 Å². The van der Waals surface area contributed by atoms with Gasteiger partial charge in [0.25, 0.3) is 5.56 Å². The maximum absolute atomic E-state index is 13.4. The zero-order chi connectivity index (χ0) is 23.8. The normalized spacial score (nSPS) is 20.6. The number of phenols is 1. The average molecular weight is 438 g/mol. The van der Waals surface area contributed by atoms with Crippen LogP contribution >= 0.6 is 0 Å². The number of nitrogens with one attached hydrogen (secondary N) is 3. The predicted octanol–water partition coefficient (Wildman–Crippen LogP) is 5.20. The van der Waals surface area contributed by atoms with Crippen molar-refractivity contribution < 1.29 is 9.90 Å². The van der Waals surface area contributed by atoms with Crippen LogP contribution in [0.25, 0.3) is 0 Å². The van der Waals surface area contributed by atoms with Crippen molar-refractivity contribution in [1.82, 2.24) is 10.2 Å². The van der Waals surface area contributed by atoms with Crippen molar-refractivity contribution in [1.29, 1.82) is 0 Å². The Morgan fingerprint density at radius 3 is 2.03 bits per heavy atom. The lowest BCUT2D eigenvalue weighted by Crippen LogP contribution is -2.35. The number of rotatable bonds is 1. The van der Waals surface area contributed by atoms with E-state index in [9.17, 15) is 14.7 Å². The Morgan fingerprint density at radius 1 is 0.938 bits per heavy atom. The van der Waals surface area contributed by atoms with Crippen molar-refractivity contribution in [2.45, 2.75) is 85.0 Å². The molecule has 6 nitrogen and oxygen atoms in total. The molecule has 1 aromatic carbocycles. The van der Waals surface area contributed by atoms with Crippen LogP contribution in [0, 0.1) is 5.41 Å². The molecule has 0 radical (unpaired) electrons. The number of aromatic hydroxyl groups is 1. The summed E-state index contributed by atoms with van der Waals surface area (Å²) >= 11 is 0. The zero-order valence-corrected chi connectivity index (χ0v) is 20.4. The van der Waals surface area contributed by atoms with Gasteiger partial charge in [0.1, 0.15) is 11.6 Å². The Balaban J connectivity index is 2.05. The fourth-order valence-corrected chi connectivity index (χ4v) is 5.12. The van der Waals surface area contributed by atoms with Crippen LogP contribution in [0.5, 0.6) is 5.75 Å². The van der Waals surface area contributed by atoms with E-state index in [-0.39, 0.29) is 33.3 Å². The molecule has 172 valence electrons. The molecule has 2 aromatic rings. The smallest absolute Gasteiger partial charge is 0.270 e. The molecule has 1 aromatic heterocycles. The minimum atomic E-state index is -0.484. The molecule has 0 saturated carbocycles. The number of carbonyl (C=O) groups is 1. The average Bonchev–Trinajstić information content (AvgIpc) is 2.98. The topological polar surface area (TPSA) is 98.0 Å². The SMILES string of the molecule is CC1(C)CC(=O)C2=C(C1)Nc1[nH][nH]c(=O)c1C2c1cc(C(C)(C)C)c(O)c(C(C)(C)C)c1. The second kappa shape index (κ2) is 6.87. The van der Waals surface area contributed by atoms with Gasteiger partial charge in [-0.05, 0) is 39.4 Å². The van der Waals surface area contributed by atoms with Gasteiger partial charge in [-0.15, -0.1) is 0 Å². The summed E-state index contributed by atoms with van der Waals surface area (Å²) in [5.41, 5.74) is 3.58. The molecule has 1 atom stereocenters. The second-order valence-electron chi connectivity index (χ2n) is 12.2. The number of aromatic nitrogens is 2. The fourth-order valence-electron chi connectivity index (χ4n) is 5.12. The van der Waals surface area contributed by atoms with Crippen LogP contribution in [-0.4, -0.2) is 21.1 Å². The predicted molar refractivity (Wildman–Crippen MR) is 127 cm³/mol. The number of phenolic OH excluding ortho intramolecular Hbond substituents is 1. The van der Waals surface area contributed by atoms with Crippen molar-refractivity contribution in [2.24, 2.45) is 5.41 Å². The number of H-pyrrole nitrogens is 2. The van der Waals surface area contributed by atoms with Gasteiger partial charge in [0, 0.05) is 23.6 Å². The number of anilines is 1. The summed E-state index contributed by atoms with van der Waals surface area (Å²) in [7, 11) is 0. The van der Waals surface area contributed by atoms with E-state index in [1.807, 2.05) is 12.1 Å². The quantitative estimate of drug-likeness (QED) is 0.493. The first-order chi connectivity index (χ1) is 14.6. The highest BCUT2D eigenvalue weighted by atomic mass is 16.3. The number of fused-ring (bicyclic) bond motifs is 1. The summed E-state index contributed by atoms with van der Waals surface area (Å²) in [6, 6.07) is 3.96. The molecule has 6 heteroatoms. The molecule has 0 spiro atoms. The first-order valence-electron chi connectivity index (χ1n) is 11.3. The molecule has 0 bridgehead atoms. The van der Waals surface area contributed by atoms with Gasteiger partial charge in [-0.2, -0.15) is 0 Å². The Morgan fingerprint density at radius 2 is 1.50 bits per heavy atom. The molecule has 1 aliphatic heterocycles.